The van der Waals surface area contributed by atoms with Gasteiger partial charge in [-0.15, -0.1) is 0 Å². The van der Waals surface area contributed by atoms with E-state index < -0.39 is 0 Å². The first-order chi connectivity index (χ1) is 15.2. The number of amides is 1. The first kappa shape index (κ1) is 19.9. The molecule has 5 rings (SSSR count). The lowest BCUT2D eigenvalue weighted by atomic mass is 9.89. The van der Waals surface area contributed by atoms with Crippen LogP contribution in [0.1, 0.15) is 41.3 Å². The molecule has 0 saturated carbocycles. The average molecular weight is 420 g/mol. The lowest BCUT2D eigenvalue weighted by Gasteiger charge is -2.33. The van der Waals surface area contributed by atoms with Crippen molar-refractivity contribution < 1.29 is 13.9 Å². The van der Waals surface area contributed by atoms with Crippen molar-refractivity contribution in [3.63, 3.8) is 0 Å². The summed E-state index contributed by atoms with van der Waals surface area (Å²) >= 11 is 0. The van der Waals surface area contributed by atoms with Gasteiger partial charge in [0.1, 0.15) is 5.82 Å². The Labute approximate surface area is 180 Å². The van der Waals surface area contributed by atoms with Crippen LogP contribution in [0.25, 0.3) is 5.82 Å². The molecule has 3 aromatic rings. The number of carbonyl (C=O) groups excluding carboxylic acids is 1. The van der Waals surface area contributed by atoms with Gasteiger partial charge in [-0.05, 0) is 36.6 Å². The van der Waals surface area contributed by atoms with Crippen molar-refractivity contribution in [2.24, 2.45) is 0 Å². The quantitative estimate of drug-likeness (QED) is 0.649. The maximum Gasteiger partial charge on any atom is 0.227 e. The summed E-state index contributed by atoms with van der Waals surface area (Å²) in [4.78, 5) is 19.1. The number of ether oxygens (including phenoxy) is 1. The topological polar surface area (TPSA) is 60.2 Å². The van der Waals surface area contributed by atoms with E-state index in [2.05, 4.69) is 4.98 Å². The normalized spacial score (nSPS) is 16.9. The number of pyridine rings is 1. The highest BCUT2D eigenvalue weighted by molar-refractivity contribution is 5.79. The van der Waals surface area contributed by atoms with Crippen molar-refractivity contribution >= 4 is 5.91 Å². The number of carbonyl (C=O) groups is 1. The van der Waals surface area contributed by atoms with E-state index in [4.69, 9.17) is 9.84 Å². The average Bonchev–Trinajstić information content (AvgIpc) is 3.21. The minimum absolute atomic E-state index is 0.0212. The van der Waals surface area contributed by atoms with Crippen molar-refractivity contribution in [2.45, 2.75) is 38.2 Å². The maximum atomic E-state index is 13.9. The van der Waals surface area contributed by atoms with Crippen LogP contribution >= 0.6 is 0 Å². The van der Waals surface area contributed by atoms with Crippen LogP contribution in [-0.2, 0) is 29.0 Å². The maximum absolute atomic E-state index is 13.9. The summed E-state index contributed by atoms with van der Waals surface area (Å²) in [6, 6.07) is 12.3. The van der Waals surface area contributed by atoms with Gasteiger partial charge in [0.2, 0.25) is 5.91 Å². The molecule has 2 aliphatic rings. The second-order valence-corrected chi connectivity index (χ2v) is 8.14. The zero-order valence-electron chi connectivity index (χ0n) is 17.3. The Morgan fingerprint density at radius 2 is 1.94 bits per heavy atom. The highest BCUT2D eigenvalue weighted by Gasteiger charge is 2.31. The van der Waals surface area contributed by atoms with Crippen LogP contribution in [-0.4, -0.2) is 45.3 Å². The van der Waals surface area contributed by atoms with Gasteiger partial charge in [-0.3, -0.25) is 4.79 Å². The molecular weight excluding hydrogens is 395 g/mol. The van der Waals surface area contributed by atoms with E-state index >= 15 is 0 Å². The predicted octanol–water partition coefficient (Wildman–Crippen LogP) is 3.43. The van der Waals surface area contributed by atoms with Crippen molar-refractivity contribution in [3.8, 4) is 5.82 Å². The van der Waals surface area contributed by atoms with E-state index in [1.54, 1.807) is 24.4 Å². The van der Waals surface area contributed by atoms with Gasteiger partial charge in [-0.1, -0.05) is 24.3 Å². The number of hydrogen-bond donors (Lipinski definition) is 0. The van der Waals surface area contributed by atoms with Crippen LogP contribution in [0.15, 0.2) is 48.7 Å². The number of nitrogens with zero attached hydrogens (tertiary/aromatic N) is 4. The largest absolute Gasteiger partial charge is 0.376 e. The van der Waals surface area contributed by atoms with Crippen molar-refractivity contribution in [3.05, 3.63) is 77.0 Å². The molecule has 1 fully saturated rings. The fourth-order valence-corrected chi connectivity index (χ4v) is 4.60. The van der Waals surface area contributed by atoms with Crippen molar-refractivity contribution in [2.75, 3.05) is 19.7 Å². The predicted molar refractivity (Wildman–Crippen MR) is 113 cm³/mol. The number of aromatic nitrogens is 3. The number of halogens is 1. The van der Waals surface area contributed by atoms with Crippen LogP contribution in [0.5, 0.6) is 0 Å². The molecule has 160 valence electrons. The van der Waals surface area contributed by atoms with Gasteiger partial charge < -0.3 is 9.64 Å². The summed E-state index contributed by atoms with van der Waals surface area (Å²) in [6.07, 6.45) is 4.37. The molecule has 0 spiro atoms. The van der Waals surface area contributed by atoms with Crippen molar-refractivity contribution in [1.82, 2.24) is 19.7 Å². The molecule has 0 N–H and O–H groups in total. The fourth-order valence-electron chi connectivity index (χ4n) is 4.60. The van der Waals surface area contributed by atoms with E-state index in [-0.39, 0.29) is 24.1 Å². The molecule has 0 bridgehead atoms. The molecule has 2 aliphatic heterocycles. The molecule has 0 atom stereocenters. The van der Waals surface area contributed by atoms with Gasteiger partial charge in [-0.2, -0.15) is 5.10 Å². The Morgan fingerprint density at radius 3 is 2.71 bits per heavy atom. The number of rotatable bonds is 4. The highest BCUT2D eigenvalue weighted by Crippen LogP contribution is 2.35. The minimum Gasteiger partial charge on any atom is -0.376 e. The van der Waals surface area contributed by atoms with Crippen LogP contribution < -0.4 is 0 Å². The van der Waals surface area contributed by atoms with Gasteiger partial charge in [-0.25, -0.2) is 14.1 Å². The van der Waals surface area contributed by atoms with E-state index in [0.29, 0.717) is 31.9 Å². The first-order valence-corrected chi connectivity index (χ1v) is 10.8. The number of likely N-dealkylation sites (tertiary alicyclic amines) is 1. The molecule has 6 nitrogen and oxygen atoms in total. The van der Waals surface area contributed by atoms with Crippen LogP contribution in [0.2, 0.25) is 0 Å². The molecule has 31 heavy (non-hydrogen) atoms. The molecular formula is C24H25FN4O2. The van der Waals surface area contributed by atoms with E-state index in [1.165, 1.54) is 11.6 Å². The molecule has 2 aromatic heterocycles. The summed E-state index contributed by atoms with van der Waals surface area (Å²) < 4.78 is 21.6. The molecule has 0 radical (unpaired) electrons. The molecule has 7 heteroatoms. The third kappa shape index (κ3) is 3.97. The number of fused-ring (bicyclic) bond motifs is 1. The zero-order chi connectivity index (χ0) is 21.2. The number of benzene rings is 1. The van der Waals surface area contributed by atoms with Gasteiger partial charge in [0.25, 0.3) is 0 Å². The molecule has 1 aromatic carbocycles. The number of piperidine rings is 1. The van der Waals surface area contributed by atoms with E-state index in [0.717, 1.165) is 36.5 Å². The fraction of sp³-hybridized carbons (Fsp3) is 0.375. The Bertz CT molecular complexity index is 1070. The Balaban J connectivity index is 1.34. The lowest BCUT2D eigenvalue weighted by Crippen LogP contribution is -2.39. The standard InChI is InChI=1S/C24H25FN4O2/c25-20-6-2-1-5-18(20)15-23(30)28-12-8-17(9-13-28)24-19-16-31-14-10-21(19)27-29(24)22-7-3-4-11-26-22/h1-7,11,17H,8-10,12-16H2. The molecule has 0 unspecified atom stereocenters. The SMILES string of the molecule is O=C(Cc1ccccc1F)N1CCC(c2c3c(nn2-c2ccccn2)CCOC3)CC1. The van der Waals surface area contributed by atoms with E-state index in [9.17, 15) is 9.18 Å². The highest BCUT2D eigenvalue weighted by atomic mass is 19.1. The summed E-state index contributed by atoms with van der Waals surface area (Å²) in [5.74, 6) is 0.742. The third-order valence-corrected chi connectivity index (χ3v) is 6.24. The minimum atomic E-state index is -0.323. The Morgan fingerprint density at radius 1 is 1.13 bits per heavy atom. The van der Waals surface area contributed by atoms with Crippen LogP contribution in [0, 0.1) is 5.82 Å². The summed E-state index contributed by atoms with van der Waals surface area (Å²) in [5.41, 5.74) is 3.88. The number of hydrogen-bond acceptors (Lipinski definition) is 4. The Hall–Kier alpha value is -3.06. The van der Waals surface area contributed by atoms with Gasteiger partial charge in [0, 0.05) is 37.2 Å². The van der Waals surface area contributed by atoms with Crippen molar-refractivity contribution in [1.29, 1.82) is 0 Å². The second kappa shape index (κ2) is 8.59. The molecule has 0 aliphatic carbocycles. The third-order valence-electron chi connectivity index (χ3n) is 6.24. The monoisotopic (exact) mass is 420 g/mol. The molecule has 4 heterocycles. The lowest BCUT2D eigenvalue weighted by molar-refractivity contribution is -0.131. The smallest absolute Gasteiger partial charge is 0.227 e. The summed E-state index contributed by atoms with van der Waals surface area (Å²) in [7, 11) is 0. The summed E-state index contributed by atoms with van der Waals surface area (Å²) in [6.45, 7) is 2.57. The van der Waals surface area contributed by atoms with Crippen LogP contribution in [0.4, 0.5) is 4.39 Å². The van der Waals surface area contributed by atoms with Gasteiger partial charge >= 0.3 is 0 Å². The van der Waals surface area contributed by atoms with E-state index in [1.807, 2.05) is 27.8 Å². The van der Waals surface area contributed by atoms with Gasteiger partial charge in [0.15, 0.2) is 5.82 Å². The zero-order valence-corrected chi connectivity index (χ0v) is 17.3. The summed E-state index contributed by atoms with van der Waals surface area (Å²) in [5, 5.41) is 4.87. The Kier molecular flexibility index (Phi) is 5.51. The van der Waals surface area contributed by atoms with Gasteiger partial charge in [0.05, 0.1) is 31.0 Å². The molecule has 1 amide bonds. The van der Waals surface area contributed by atoms with Crippen LogP contribution in [0.3, 0.4) is 0 Å². The first-order valence-electron chi connectivity index (χ1n) is 10.8. The molecule has 1 saturated heterocycles. The second-order valence-electron chi connectivity index (χ2n) is 8.14.